The molecule has 1 amide bonds. The predicted octanol–water partition coefficient (Wildman–Crippen LogP) is 8.89. The molecule has 11 nitrogen and oxygen atoms in total. The normalized spacial score (nSPS) is 15.5. The van der Waals surface area contributed by atoms with Gasteiger partial charge in [0.05, 0.1) is 54.5 Å². The lowest BCUT2D eigenvalue weighted by molar-refractivity contribution is -0.138. The number of allylic oxidation sites excluding steroid dienone is 2. The summed E-state index contributed by atoms with van der Waals surface area (Å²) in [7, 11) is 0. The van der Waals surface area contributed by atoms with E-state index in [1.165, 1.54) is 47.5 Å². The first-order valence-corrected chi connectivity index (χ1v) is 18.5. The van der Waals surface area contributed by atoms with Gasteiger partial charge in [0.25, 0.3) is 11.1 Å². The number of hydrogen-bond donors (Lipinski definition) is 1. The summed E-state index contributed by atoms with van der Waals surface area (Å²) in [6.07, 6.45) is -7.67. The Balaban J connectivity index is 0.000000228. The highest BCUT2D eigenvalue weighted by atomic mass is 35.5. The summed E-state index contributed by atoms with van der Waals surface area (Å²) < 4.78 is 86.1. The van der Waals surface area contributed by atoms with Crippen molar-refractivity contribution >= 4 is 57.5 Å². The van der Waals surface area contributed by atoms with Crippen LogP contribution in [0.4, 0.5) is 26.3 Å². The highest BCUT2D eigenvalue weighted by molar-refractivity contribution is 6.67. The van der Waals surface area contributed by atoms with Gasteiger partial charge in [-0.15, -0.1) is 0 Å². The Hall–Kier alpha value is -6.08. The number of ether oxygens (including phenoxy) is 2. The molecule has 0 spiro atoms. The average molecular weight is 907 g/mol. The number of ketones is 2. The van der Waals surface area contributed by atoms with E-state index in [2.05, 4.69) is 10.3 Å². The van der Waals surface area contributed by atoms with E-state index < -0.39 is 46.2 Å². The second-order valence-corrected chi connectivity index (χ2v) is 13.5. The molecule has 0 atom stereocenters. The number of morpholine rings is 2. The fourth-order valence-electron chi connectivity index (χ4n) is 5.28. The number of amides is 1. The Morgan fingerprint density at radius 3 is 1.61 bits per heavy atom. The molecule has 20 heteroatoms. The molecule has 2 saturated heterocycles. The summed E-state index contributed by atoms with van der Waals surface area (Å²) in [5.41, 5.74) is -1.26. The van der Waals surface area contributed by atoms with Crippen LogP contribution in [0, 0.1) is 22.7 Å². The van der Waals surface area contributed by atoms with Gasteiger partial charge in [0.1, 0.15) is 28.4 Å². The molecule has 1 N–H and O–H groups in total. The summed E-state index contributed by atoms with van der Waals surface area (Å²) >= 11 is 16.4. The Morgan fingerprint density at radius 2 is 1.16 bits per heavy atom. The lowest BCUT2D eigenvalue weighted by Gasteiger charge is -2.30. The Labute approximate surface area is 358 Å². The largest absolute Gasteiger partial charge is 0.416 e. The van der Waals surface area contributed by atoms with E-state index in [0.29, 0.717) is 40.2 Å². The van der Waals surface area contributed by atoms with Gasteiger partial charge in [-0.3, -0.25) is 19.2 Å². The first kappa shape index (κ1) is 47.6. The van der Waals surface area contributed by atoms with Crippen LogP contribution in [0.1, 0.15) is 52.6 Å². The minimum Gasteiger partial charge on any atom is -0.383 e. The van der Waals surface area contributed by atoms with Crippen LogP contribution in [0.2, 0.25) is 10.2 Å². The molecule has 3 heterocycles. The minimum absolute atomic E-state index is 0.0272. The number of rotatable bonds is 6. The van der Waals surface area contributed by atoms with E-state index in [1.54, 1.807) is 12.1 Å². The molecule has 4 aromatic rings. The molecule has 6 rings (SSSR count). The van der Waals surface area contributed by atoms with Crippen LogP contribution in [-0.2, 0) is 21.8 Å². The zero-order chi connectivity index (χ0) is 44.9. The number of benzene rings is 3. The van der Waals surface area contributed by atoms with Gasteiger partial charge >= 0.3 is 12.4 Å². The van der Waals surface area contributed by atoms with Crippen LogP contribution in [0.15, 0.2) is 114 Å². The fraction of sp³-hybridized carbons (Fsp3) is 0.195. The molecule has 316 valence electrons. The summed E-state index contributed by atoms with van der Waals surface area (Å²) in [6.45, 7) is 1.21. The SMILES string of the molecule is N#C/C(C(=O)c1ccc(C(F)(F)F)cc1)=C1\COCCN1.N#C/C(C(=O)c1ccc(C(F)(F)F)cc1)=C1\COCCN1C(=O)c1ccc(Cl)cc1.O=C(Cl)c1ccc(Cl)nc1. The number of nitrogens with one attached hydrogen (secondary N) is 1. The van der Waals surface area contributed by atoms with E-state index in [1.807, 2.05) is 0 Å². The maximum Gasteiger partial charge on any atom is 0.416 e. The van der Waals surface area contributed by atoms with Crippen LogP contribution >= 0.6 is 34.8 Å². The summed E-state index contributed by atoms with van der Waals surface area (Å²) in [5.74, 6) is -1.86. The second-order valence-electron chi connectivity index (χ2n) is 12.3. The summed E-state index contributed by atoms with van der Waals surface area (Å²) in [4.78, 5) is 53.3. The quantitative estimate of drug-likeness (QED) is 0.0494. The second kappa shape index (κ2) is 21.4. The Kier molecular flexibility index (Phi) is 16.7. The zero-order valence-electron chi connectivity index (χ0n) is 31.0. The first-order chi connectivity index (χ1) is 28.8. The fourth-order valence-corrected chi connectivity index (χ4v) is 5.63. The Bertz CT molecular complexity index is 2380. The molecule has 2 aliphatic heterocycles. The van der Waals surface area contributed by atoms with Crippen molar-refractivity contribution < 1.29 is 55.0 Å². The van der Waals surface area contributed by atoms with Crippen molar-refractivity contribution in [3.63, 3.8) is 0 Å². The van der Waals surface area contributed by atoms with Gasteiger partial charge in [0, 0.05) is 41.0 Å². The standard InChI is InChI=1S/C21H14ClF3N2O3.C14H11F3N2O2.C6H3Cl2NO/c22-16-7-3-14(4-8-16)20(29)27-9-10-30-12-18(27)17(11-26)19(28)13-1-5-15(6-2-13)21(23,24)25;15-14(16,17)10-3-1-9(2-4-10)13(20)11(7-18)12-8-21-6-5-19-12;7-5-2-1-4(3-9-5)6(8)10/h1-8H,9-10,12H2;1-4,19H,5-6,8H2;1-3H/b18-17-;12-11-;. The number of carbonyl (C=O) groups is 4. The van der Waals surface area contributed by atoms with Crippen LogP contribution in [-0.4, -0.2) is 72.1 Å². The van der Waals surface area contributed by atoms with E-state index in [4.69, 9.17) is 49.5 Å². The Morgan fingerprint density at radius 1 is 0.672 bits per heavy atom. The maximum absolute atomic E-state index is 12.9. The van der Waals surface area contributed by atoms with Gasteiger partial charge < -0.3 is 19.7 Å². The smallest absolute Gasteiger partial charge is 0.383 e. The van der Waals surface area contributed by atoms with Crippen molar-refractivity contribution in [2.45, 2.75) is 12.4 Å². The van der Waals surface area contributed by atoms with E-state index in [9.17, 15) is 50.8 Å². The van der Waals surface area contributed by atoms with Gasteiger partial charge in [-0.05, 0) is 72.3 Å². The molecular weight excluding hydrogens is 879 g/mol. The predicted molar refractivity (Wildman–Crippen MR) is 208 cm³/mol. The van der Waals surface area contributed by atoms with Crippen molar-refractivity contribution in [3.8, 4) is 12.1 Å². The third kappa shape index (κ3) is 13.2. The monoisotopic (exact) mass is 905 g/mol. The van der Waals surface area contributed by atoms with Gasteiger partial charge in [0.2, 0.25) is 11.6 Å². The number of pyridine rings is 1. The van der Waals surface area contributed by atoms with Crippen molar-refractivity contribution in [1.29, 1.82) is 10.5 Å². The van der Waals surface area contributed by atoms with Crippen molar-refractivity contribution in [1.82, 2.24) is 15.2 Å². The lowest BCUT2D eigenvalue weighted by Crippen LogP contribution is -2.40. The van der Waals surface area contributed by atoms with Crippen LogP contribution < -0.4 is 5.32 Å². The number of nitrogens with zero attached hydrogens (tertiary/aromatic N) is 4. The van der Waals surface area contributed by atoms with E-state index in [0.717, 1.165) is 48.5 Å². The maximum atomic E-state index is 12.9. The third-order valence-electron chi connectivity index (χ3n) is 8.36. The zero-order valence-corrected chi connectivity index (χ0v) is 33.3. The molecule has 3 aromatic carbocycles. The van der Waals surface area contributed by atoms with Gasteiger partial charge in [-0.1, -0.05) is 47.5 Å². The highest BCUT2D eigenvalue weighted by Gasteiger charge is 2.33. The van der Waals surface area contributed by atoms with Crippen molar-refractivity contribution in [2.75, 3.05) is 39.5 Å². The van der Waals surface area contributed by atoms with Gasteiger partial charge in [-0.2, -0.15) is 36.9 Å². The molecule has 0 radical (unpaired) electrons. The van der Waals surface area contributed by atoms with Gasteiger partial charge in [-0.25, -0.2) is 4.98 Å². The van der Waals surface area contributed by atoms with E-state index in [-0.39, 0.29) is 54.3 Å². The number of alkyl halides is 6. The highest BCUT2D eigenvalue weighted by Crippen LogP contribution is 2.31. The molecule has 61 heavy (non-hydrogen) atoms. The van der Waals surface area contributed by atoms with Crippen LogP contribution in [0.25, 0.3) is 0 Å². The molecule has 0 unspecified atom stereocenters. The first-order valence-electron chi connectivity index (χ1n) is 17.3. The summed E-state index contributed by atoms with van der Waals surface area (Å²) in [6, 6.07) is 20.0. The molecule has 1 aromatic heterocycles. The molecule has 0 bridgehead atoms. The number of nitriles is 2. The minimum atomic E-state index is -4.54. The molecule has 2 aliphatic rings. The number of Topliss-reactive ketones (excluding diaryl/α,β-unsaturated/α-hetero) is 2. The third-order valence-corrected chi connectivity index (χ3v) is 9.06. The molecule has 0 saturated carbocycles. The number of hydrogen-bond acceptors (Lipinski definition) is 10. The van der Waals surface area contributed by atoms with Crippen LogP contribution in [0.3, 0.4) is 0 Å². The van der Waals surface area contributed by atoms with E-state index >= 15 is 0 Å². The molecule has 2 fully saturated rings. The summed E-state index contributed by atoms with van der Waals surface area (Å²) in [5, 5.41) is 21.8. The average Bonchev–Trinajstić information content (AvgIpc) is 3.25. The van der Waals surface area contributed by atoms with Crippen molar-refractivity contribution in [2.24, 2.45) is 0 Å². The molecular formula is C41H28Cl3F6N5O6. The van der Waals surface area contributed by atoms with Crippen LogP contribution in [0.5, 0.6) is 0 Å². The molecule has 0 aliphatic carbocycles. The van der Waals surface area contributed by atoms with Crippen molar-refractivity contribution in [3.05, 3.63) is 157 Å². The topological polar surface area (TPSA) is 162 Å². The number of halogens is 9. The lowest BCUT2D eigenvalue weighted by atomic mass is 10.00. The van der Waals surface area contributed by atoms with Gasteiger partial charge in [0.15, 0.2) is 0 Å². The number of aromatic nitrogens is 1. The number of carbonyl (C=O) groups excluding carboxylic acids is 4.